The van der Waals surface area contributed by atoms with E-state index in [1.807, 2.05) is 107 Å². The van der Waals surface area contributed by atoms with Gasteiger partial charge in [0.25, 0.3) is 5.91 Å². The molecule has 0 saturated carbocycles. The number of carbonyl (C=O) groups is 2. The lowest BCUT2D eigenvalue weighted by molar-refractivity contribution is -0.131. The Bertz CT molecular complexity index is 1350. The van der Waals surface area contributed by atoms with E-state index in [2.05, 4.69) is 5.32 Å². The molecule has 0 fully saturated rings. The van der Waals surface area contributed by atoms with E-state index in [1.165, 1.54) is 0 Å². The number of hydrogen-bond donors (Lipinski definition) is 1. The summed E-state index contributed by atoms with van der Waals surface area (Å²) in [6.45, 7) is 8.38. The highest BCUT2D eigenvalue weighted by atomic mass is 16.3. The van der Waals surface area contributed by atoms with Crippen molar-refractivity contribution in [3.05, 3.63) is 101 Å². The van der Waals surface area contributed by atoms with Gasteiger partial charge in [-0.25, -0.2) is 0 Å². The van der Waals surface area contributed by atoms with Gasteiger partial charge in [-0.1, -0.05) is 79.8 Å². The van der Waals surface area contributed by atoms with Crippen molar-refractivity contribution in [3.63, 3.8) is 0 Å². The van der Waals surface area contributed by atoms with Crippen LogP contribution in [0.4, 0.5) is 0 Å². The van der Waals surface area contributed by atoms with Crippen LogP contribution in [-0.2, 0) is 11.3 Å². The molecule has 0 spiro atoms. The molecule has 1 unspecified atom stereocenters. The smallest absolute Gasteiger partial charge is 0.291 e. The van der Waals surface area contributed by atoms with E-state index in [0.717, 1.165) is 27.6 Å². The molecule has 3 aromatic rings. The lowest BCUT2D eigenvalue weighted by atomic mass is 9.92. The standard InChI is InChI=1S/C30H32N2O3.H2/c1-5-7-19-32(30(4,6-2)29(34)31-20-23-14-9-8-13-21(23)3)28(33)27-26(22-15-12-16-22)24-17-10-11-18-25(24)35-27;/h5,7-18H,6,19-20H2,1-4H3,(H,31,34);1H/b7-5+;. The quantitative estimate of drug-likeness (QED) is 0.366. The normalized spacial score (nSPS) is 14.5. The third kappa shape index (κ3) is 4.59. The Balaban J connectivity index is 0.00000361. The van der Waals surface area contributed by atoms with Gasteiger partial charge in [-0.3, -0.25) is 9.59 Å². The minimum Gasteiger partial charge on any atom is -0.450 e. The molecule has 0 radical (unpaired) electrons. The Morgan fingerprint density at radius 1 is 1.14 bits per heavy atom. The Morgan fingerprint density at radius 2 is 1.86 bits per heavy atom. The van der Waals surface area contributed by atoms with E-state index in [0.29, 0.717) is 25.1 Å². The average molecular weight is 471 g/mol. The van der Waals surface area contributed by atoms with Crippen molar-refractivity contribution in [3.8, 4) is 0 Å². The summed E-state index contributed by atoms with van der Waals surface area (Å²) in [5.74, 6) is -0.231. The second-order valence-electron chi connectivity index (χ2n) is 9.00. The van der Waals surface area contributed by atoms with Gasteiger partial charge in [0.1, 0.15) is 11.1 Å². The number of aryl methyl sites for hydroxylation is 1. The Hall–Kier alpha value is -3.86. The van der Waals surface area contributed by atoms with Gasteiger partial charge in [0.2, 0.25) is 11.7 Å². The monoisotopic (exact) mass is 470 g/mol. The van der Waals surface area contributed by atoms with Crippen LogP contribution in [0.15, 0.2) is 83.3 Å². The molecule has 1 aliphatic carbocycles. The van der Waals surface area contributed by atoms with Crippen molar-refractivity contribution in [1.29, 1.82) is 0 Å². The van der Waals surface area contributed by atoms with Gasteiger partial charge >= 0.3 is 0 Å². The van der Waals surface area contributed by atoms with Gasteiger partial charge in [-0.05, 0) is 50.0 Å². The summed E-state index contributed by atoms with van der Waals surface area (Å²) in [5.41, 5.74) is 3.47. The van der Waals surface area contributed by atoms with Crippen LogP contribution in [0.1, 0.15) is 55.9 Å². The molecule has 2 amide bonds. The third-order valence-electron chi connectivity index (χ3n) is 6.87. The van der Waals surface area contributed by atoms with Crippen LogP contribution in [0.25, 0.3) is 16.5 Å². The van der Waals surface area contributed by atoms with E-state index in [4.69, 9.17) is 4.42 Å². The summed E-state index contributed by atoms with van der Waals surface area (Å²) < 4.78 is 6.12. The SMILES string of the molecule is C/C=C/CN(C(=O)c1oc2ccccc2c1C1=CC=C1)C(C)(CC)C(=O)NCc1ccccc1C.[HH]. The van der Waals surface area contributed by atoms with Crippen molar-refractivity contribution in [2.45, 2.75) is 46.2 Å². The molecule has 0 saturated heterocycles. The van der Waals surface area contributed by atoms with Gasteiger partial charge in [0.15, 0.2) is 0 Å². The minimum atomic E-state index is -1.07. The Morgan fingerprint density at radius 3 is 2.51 bits per heavy atom. The van der Waals surface area contributed by atoms with Crippen LogP contribution in [-0.4, -0.2) is 28.8 Å². The average Bonchev–Trinajstić information content (AvgIpc) is 3.21. The molecule has 4 rings (SSSR count). The van der Waals surface area contributed by atoms with Gasteiger partial charge in [-0.15, -0.1) is 0 Å². The first-order valence-corrected chi connectivity index (χ1v) is 12.1. The zero-order valence-corrected chi connectivity index (χ0v) is 20.8. The summed E-state index contributed by atoms with van der Waals surface area (Å²) in [5, 5.41) is 3.96. The first kappa shape index (κ1) is 24.3. The molecule has 1 atom stereocenters. The Kier molecular flexibility index (Phi) is 7.06. The van der Waals surface area contributed by atoms with Crippen molar-refractivity contribution < 1.29 is 15.4 Å². The molecule has 1 N–H and O–H groups in total. The molecule has 1 heterocycles. The molecule has 5 nitrogen and oxygen atoms in total. The number of furan rings is 1. The van der Waals surface area contributed by atoms with Gasteiger partial charge in [0.05, 0.1) is 0 Å². The van der Waals surface area contributed by atoms with Crippen LogP contribution in [0.5, 0.6) is 0 Å². The van der Waals surface area contributed by atoms with Crippen LogP contribution in [0.3, 0.4) is 0 Å². The molecule has 35 heavy (non-hydrogen) atoms. The molecular formula is C30H34N2O3. The topological polar surface area (TPSA) is 62.6 Å². The lowest BCUT2D eigenvalue weighted by Gasteiger charge is -2.38. The molecule has 0 aliphatic heterocycles. The minimum absolute atomic E-state index is 0. The van der Waals surface area contributed by atoms with E-state index >= 15 is 0 Å². The predicted octanol–water partition coefficient (Wildman–Crippen LogP) is 6.44. The molecule has 0 bridgehead atoms. The van der Waals surface area contributed by atoms with Gasteiger partial charge < -0.3 is 14.6 Å². The van der Waals surface area contributed by atoms with Crippen LogP contribution >= 0.6 is 0 Å². The number of fused-ring (bicyclic) bond motifs is 1. The Labute approximate surface area is 208 Å². The highest BCUT2D eigenvalue weighted by molar-refractivity contribution is 6.08. The fraction of sp³-hybridized carbons (Fsp3) is 0.267. The fourth-order valence-electron chi connectivity index (χ4n) is 4.33. The maximum Gasteiger partial charge on any atom is 0.291 e. The fourth-order valence-corrected chi connectivity index (χ4v) is 4.33. The number of nitrogens with zero attached hydrogens (tertiary/aromatic N) is 1. The van der Waals surface area contributed by atoms with Crippen LogP contribution in [0, 0.1) is 6.92 Å². The highest BCUT2D eigenvalue weighted by Crippen LogP contribution is 2.36. The zero-order chi connectivity index (χ0) is 25.0. The molecule has 1 aliphatic rings. The maximum atomic E-state index is 14.1. The summed E-state index contributed by atoms with van der Waals surface area (Å²) in [6.07, 6.45) is 10.1. The second kappa shape index (κ2) is 10.2. The van der Waals surface area contributed by atoms with E-state index in [-0.39, 0.29) is 19.0 Å². The number of nitrogens with one attached hydrogen (secondary N) is 1. The predicted molar refractivity (Wildman–Crippen MR) is 143 cm³/mol. The molecule has 1 aromatic heterocycles. The van der Waals surface area contributed by atoms with E-state index in [1.54, 1.807) is 4.90 Å². The number of para-hydroxylation sites is 1. The van der Waals surface area contributed by atoms with Crippen molar-refractivity contribution in [2.75, 3.05) is 6.54 Å². The highest BCUT2D eigenvalue weighted by Gasteiger charge is 2.42. The summed E-state index contributed by atoms with van der Waals surface area (Å²) in [7, 11) is 0. The van der Waals surface area contributed by atoms with E-state index in [9.17, 15) is 9.59 Å². The number of amides is 2. The van der Waals surface area contributed by atoms with Crippen molar-refractivity contribution >= 4 is 28.4 Å². The molecule has 2 aromatic carbocycles. The summed E-state index contributed by atoms with van der Waals surface area (Å²) >= 11 is 0. The maximum absolute atomic E-state index is 14.1. The largest absolute Gasteiger partial charge is 0.450 e. The van der Waals surface area contributed by atoms with E-state index < -0.39 is 5.54 Å². The summed E-state index contributed by atoms with van der Waals surface area (Å²) in [4.78, 5) is 29.3. The third-order valence-corrected chi connectivity index (χ3v) is 6.87. The summed E-state index contributed by atoms with van der Waals surface area (Å²) in [6, 6.07) is 15.6. The van der Waals surface area contributed by atoms with Crippen LogP contribution in [0.2, 0.25) is 0 Å². The zero-order valence-electron chi connectivity index (χ0n) is 20.8. The number of allylic oxidation sites excluding steroid dienone is 5. The van der Waals surface area contributed by atoms with Crippen molar-refractivity contribution in [2.24, 2.45) is 0 Å². The number of carbonyl (C=O) groups excluding carboxylic acids is 2. The molecular weight excluding hydrogens is 436 g/mol. The van der Waals surface area contributed by atoms with Gasteiger partial charge in [0, 0.05) is 25.5 Å². The van der Waals surface area contributed by atoms with Crippen LogP contribution < -0.4 is 5.32 Å². The lowest BCUT2D eigenvalue weighted by Crippen LogP contribution is -2.58. The first-order valence-electron chi connectivity index (χ1n) is 12.1. The van der Waals surface area contributed by atoms with Crippen molar-refractivity contribution in [1.82, 2.24) is 10.2 Å². The first-order chi connectivity index (χ1) is 16.9. The molecule has 182 valence electrons. The molecule has 5 heteroatoms. The second-order valence-corrected chi connectivity index (χ2v) is 9.00. The van der Waals surface area contributed by atoms with Gasteiger partial charge in [-0.2, -0.15) is 0 Å². The number of rotatable bonds is 9. The number of hydrogen-bond acceptors (Lipinski definition) is 3. The number of benzene rings is 2.